The van der Waals surface area contributed by atoms with Crippen molar-refractivity contribution < 1.29 is 9.59 Å². The van der Waals surface area contributed by atoms with Crippen LogP contribution in [0.5, 0.6) is 0 Å². The molecular weight excluding hydrogens is 194 g/mol. The van der Waals surface area contributed by atoms with Crippen LogP contribution in [-0.4, -0.2) is 18.0 Å². The van der Waals surface area contributed by atoms with Crippen LogP contribution in [0.3, 0.4) is 0 Å². The second-order valence-corrected chi connectivity index (χ2v) is 3.44. The normalized spacial score (nSPS) is 20.6. The average Bonchev–Trinajstić information content (AvgIpc) is 2.44. The van der Waals surface area contributed by atoms with Crippen LogP contribution in [0, 0.1) is 0 Å². The van der Waals surface area contributed by atoms with E-state index in [1.54, 1.807) is 31.2 Å². The molecule has 1 heterocycles. The first-order valence-electron chi connectivity index (χ1n) is 4.59. The summed E-state index contributed by atoms with van der Waals surface area (Å²) in [6, 6.07) is 5.74. The lowest BCUT2D eigenvalue weighted by molar-refractivity contribution is -0.117. The largest absolute Gasteiger partial charge is 0.399 e. The van der Waals surface area contributed by atoms with Crippen LogP contribution >= 0.6 is 0 Å². The van der Waals surface area contributed by atoms with E-state index >= 15 is 0 Å². The fourth-order valence-electron chi connectivity index (χ4n) is 1.47. The molecule has 1 aliphatic heterocycles. The molecule has 0 spiro atoms. The van der Waals surface area contributed by atoms with Crippen molar-refractivity contribution in [3.05, 3.63) is 24.3 Å². The van der Waals surface area contributed by atoms with Gasteiger partial charge in [0, 0.05) is 5.69 Å². The van der Waals surface area contributed by atoms with Crippen LogP contribution in [-0.2, 0) is 4.79 Å². The number of hydrogen-bond donors (Lipinski definition) is 2. The third kappa shape index (κ3) is 1.52. The lowest BCUT2D eigenvalue weighted by atomic mass is 10.2. The zero-order valence-corrected chi connectivity index (χ0v) is 8.23. The number of rotatable bonds is 1. The molecule has 1 saturated heterocycles. The minimum Gasteiger partial charge on any atom is -0.399 e. The van der Waals surface area contributed by atoms with Gasteiger partial charge in [-0.25, -0.2) is 9.69 Å². The third-order valence-electron chi connectivity index (χ3n) is 2.29. The summed E-state index contributed by atoms with van der Waals surface area (Å²) in [5.41, 5.74) is 6.65. The standard InChI is InChI=1S/C10H11N3O2/c1-6-9(14)13(10(15)12-6)8-4-2-7(11)3-5-8/h2-6H,11H2,1H3,(H,12,15). The molecule has 0 saturated carbocycles. The zero-order valence-electron chi connectivity index (χ0n) is 8.23. The second-order valence-electron chi connectivity index (χ2n) is 3.44. The van der Waals surface area contributed by atoms with Crippen molar-refractivity contribution in [3.8, 4) is 0 Å². The Hall–Kier alpha value is -2.04. The van der Waals surface area contributed by atoms with Crippen LogP contribution < -0.4 is 16.0 Å². The maximum atomic E-state index is 11.6. The highest BCUT2D eigenvalue weighted by Crippen LogP contribution is 2.20. The fourth-order valence-corrected chi connectivity index (χ4v) is 1.47. The van der Waals surface area contributed by atoms with Crippen LogP contribution in [0.4, 0.5) is 16.2 Å². The lowest BCUT2D eigenvalue weighted by Gasteiger charge is -2.12. The van der Waals surface area contributed by atoms with Crippen molar-refractivity contribution in [3.63, 3.8) is 0 Å². The van der Waals surface area contributed by atoms with Crippen molar-refractivity contribution >= 4 is 23.3 Å². The number of nitrogen functional groups attached to an aromatic ring is 1. The van der Waals surface area contributed by atoms with Crippen LogP contribution in [0.2, 0.25) is 0 Å². The van der Waals surface area contributed by atoms with E-state index in [1.807, 2.05) is 0 Å². The molecule has 78 valence electrons. The van der Waals surface area contributed by atoms with E-state index in [1.165, 1.54) is 0 Å². The van der Waals surface area contributed by atoms with Crippen molar-refractivity contribution in [2.45, 2.75) is 13.0 Å². The minimum atomic E-state index is -0.463. The summed E-state index contributed by atoms with van der Waals surface area (Å²) in [4.78, 5) is 24.2. The van der Waals surface area contributed by atoms with E-state index in [2.05, 4.69) is 5.32 Å². The number of urea groups is 1. The van der Waals surface area contributed by atoms with Gasteiger partial charge in [-0.3, -0.25) is 4.79 Å². The van der Waals surface area contributed by atoms with Crippen LogP contribution in [0.1, 0.15) is 6.92 Å². The summed E-state index contributed by atoms with van der Waals surface area (Å²) in [6.07, 6.45) is 0. The Balaban J connectivity index is 2.35. The highest BCUT2D eigenvalue weighted by molar-refractivity contribution is 6.21. The van der Waals surface area contributed by atoms with Gasteiger partial charge in [0.1, 0.15) is 6.04 Å². The predicted molar refractivity (Wildman–Crippen MR) is 56.3 cm³/mol. The van der Waals surface area contributed by atoms with Gasteiger partial charge in [0.05, 0.1) is 5.69 Å². The highest BCUT2D eigenvalue weighted by atomic mass is 16.2. The van der Waals surface area contributed by atoms with Gasteiger partial charge in [-0.1, -0.05) is 0 Å². The molecule has 3 N–H and O–H groups in total. The molecule has 15 heavy (non-hydrogen) atoms. The molecule has 2 rings (SSSR count). The van der Waals surface area contributed by atoms with Crippen LogP contribution in [0.15, 0.2) is 24.3 Å². The highest BCUT2D eigenvalue weighted by Gasteiger charge is 2.35. The maximum absolute atomic E-state index is 11.6. The van der Waals surface area contributed by atoms with Gasteiger partial charge < -0.3 is 11.1 Å². The van der Waals surface area contributed by atoms with Gasteiger partial charge in [-0.05, 0) is 31.2 Å². The van der Waals surface area contributed by atoms with Gasteiger partial charge in [0.15, 0.2) is 0 Å². The molecule has 0 aromatic heterocycles. The molecule has 5 nitrogen and oxygen atoms in total. The summed E-state index contributed by atoms with van der Waals surface area (Å²) in [5, 5.41) is 2.54. The second kappa shape index (κ2) is 3.27. The van der Waals surface area contributed by atoms with Gasteiger partial charge in [0.2, 0.25) is 0 Å². The Morgan fingerprint density at radius 3 is 2.33 bits per heavy atom. The fraction of sp³-hybridized carbons (Fsp3) is 0.200. The quantitative estimate of drug-likeness (QED) is 0.523. The van der Waals surface area contributed by atoms with E-state index in [0.29, 0.717) is 11.4 Å². The number of amides is 3. The molecule has 0 radical (unpaired) electrons. The molecule has 0 aliphatic carbocycles. The molecular formula is C10H11N3O2. The van der Waals surface area contributed by atoms with Crippen molar-refractivity contribution in [1.82, 2.24) is 5.32 Å². The van der Waals surface area contributed by atoms with Gasteiger partial charge in [-0.2, -0.15) is 0 Å². The van der Waals surface area contributed by atoms with Crippen molar-refractivity contribution in [2.75, 3.05) is 10.6 Å². The monoisotopic (exact) mass is 205 g/mol. The predicted octanol–water partition coefficient (Wildman–Crippen LogP) is 0.714. The van der Waals surface area contributed by atoms with E-state index in [0.717, 1.165) is 4.90 Å². The number of nitrogens with two attached hydrogens (primary N) is 1. The summed E-state index contributed by atoms with van der Waals surface area (Å²) in [7, 11) is 0. The minimum absolute atomic E-state index is 0.246. The molecule has 1 atom stereocenters. The van der Waals surface area contributed by atoms with Crippen LogP contribution in [0.25, 0.3) is 0 Å². The molecule has 1 unspecified atom stereocenters. The molecule has 1 aromatic carbocycles. The Labute approximate surface area is 86.9 Å². The average molecular weight is 205 g/mol. The maximum Gasteiger partial charge on any atom is 0.329 e. The Morgan fingerprint density at radius 1 is 1.27 bits per heavy atom. The summed E-state index contributed by atoms with van der Waals surface area (Å²) in [5.74, 6) is -0.246. The number of benzene rings is 1. The van der Waals surface area contributed by atoms with Gasteiger partial charge >= 0.3 is 6.03 Å². The summed E-state index contributed by atoms with van der Waals surface area (Å²) < 4.78 is 0. The van der Waals surface area contributed by atoms with E-state index in [-0.39, 0.29) is 5.91 Å². The Morgan fingerprint density at radius 2 is 1.87 bits per heavy atom. The first-order valence-corrected chi connectivity index (χ1v) is 4.59. The SMILES string of the molecule is CC1NC(=O)N(c2ccc(N)cc2)C1=O. The zero-order chi connectivity index (χ0) is 11.0. The first kappa shape index (κ1) is 9.51. The number of nitrogens with zero attached hydrogens (tertiary/aromatic N) is 1. The Kier molecular flexibility index (Phi) is 2.07. The molecule has 5 heteroatoms. The first-order chi connectivity index (χ1) is 7.09. The number of anilines is 2. The third-order valence-corrected chi connectivity index (χ3v) is 2.29. The molecule has 1 fully saturated rings. The Bertz CT molecular complexity index is 413. The topological polar surface area (TPSA) is 75.4 Å². The smallest absolute Gasteiger partial charge is 0.329 e. The van der Waals surface area contributed by atoms with Crippen molar-refractivity contribution in [1.29, 1.82) is 0 Å². The molecule has 3 amide bonds. The van der Waals surface area contributed by atoms with E-state index in [9.17, 15) is 9.59 Å². The number of nitrogens with one attached hydrogen (secondary N) is 1. The van der Waals surface area contributed by atoms with Gasteiger partial charge in [-0.15, -0.1) is 0 Å². The molecule has 1 aliphatic rings. The van der Waals surface area contributed by atoms with E-state index in [4.69, 9.17) is 5.73 Å². The molecule has 0 bridgehead atoms. The number of carbonyl (C=O) groups is 2. The number of carbonyl (C=O) groups excluding carboxylic acids is 2. The number of hydrogen-bond acceptors (Lipinski definition) is 3. The summed E-state index contributed by atoms with van der Waals surface area (Å²) >= 11 is 0. The summed E-state index contributed by atoms with van der Waals surface area (Å²) in [6.45, 7) is 1.65. The number of imide groups is 1. The lowest BCUT2D eigenvalue weighted by Crippen LogP contribution is -2.30. The van der Waals surface area contributed by atoms with Gasteiger partial charge in [0.25, 0.3) is 5.91 Å². The molecule has 1 aromatic rings. The van der Waals surface area contributed by atoms with E-state index < -0.39 is 12.1 Å². The van der Waals surface area contributed by atoms with Crippen molar-refractivity contribution in [2.24, 2.45) is 0 Å².